The van der Waals surface area contributed by atoms with E-state index in [1.54, 1.807) is 35.9 Å². The first kappa shape index (κ1) is 17.9. The molecule has 2 heterocycles. The van der Waals surface area contributed by atoms with Crippen molar-refractivity contribution in [2.24, 2.45) is 7.05 Å². The molecule has 0 saturated heterocycles. The number of aromatic nitrogens is 4. The second kappa shape index (κ2) is 7.00. The Kier molecular flexibility index (Phi) is 4.17. The van der Waals surface area contributed by atoms with Crippen molar-refractivity contribution >= 4 is 11.2 Å². The van der Waals surface area contributed by atoms with Crippen molar-refractivity contribution in [1.29, 1.82) is 0 Å². The Bertz CT molecular complexity index is 1460. The van der Waals surface area contributed by atoms with Gasteiger partial charge in [0, 0.05) is 12.6 Å². The number of benzene rings is 3. The fourth-order valence-electron chi connectivity index (χ4n) is 3.72. The molecule has 2 aromatic heterocycles. The summed E-state index contributed by atoms with van der Waals surface area (Å²) in [6, 6.07) is 27.8. The molecule has 0 atom stereocenters. The first-order valence-electron chi connectivity index (χ1n) is 9.57. The molecule has 0 aliphatic rings. The maximum Gasteiger partial charge on any atom is 0.342 e. The van der Waals surface area contributed by atoms with Crippen LogP contribution in [0.3, 0.4) is 0 Å². The summed E-state index contributed by atoms with van der Waals surface area (Å²) in [6.45, 7) is 0. The van der Waals surface area contributed by atoms with Crippen molar-refractivity contribution in [1.82, 2.24) is 18.7 Å². The highest BCUT2D eigenvalue weighted by Crippen LogP contribution is 2.23. The maximum absolute atomic E-state index is 13.5. The molecule has 0 aliphatic carbocycles. The molecule has 0 radical (unpaired) electrons. The first-order chi connectivity index (χ1) is 14.7. The number of hydrogen-bond donors (Lipinski definition) is 0. The predicted octanol–water partition coefficient (Wildman–Crippen LogP) is 3.54. The van der Waals surface area contributed by atoms with E-state index in [1.807, 2.05) is 66.7 Å². The number of imidazole rings is 1. The summed E-state index contributed by atoms with van der Waals surface area (Å²) < 4.78 is 4.45. The molecule has 0 aliphatic heterocycles. The van der Waals surface area contributed by atoms with Gasteiger partial charge in [-0.05, 0) is 24.3 Å². The highest BCUT2D eigenvalue weighted by atomic mass is 16.2. The number of fused-ring (bicyclic) bond motifs is 1. The molecule has 3 aromatic carbocycles. The van der Waals surface area contributed by atoms with Crippen molar-refractivity contribution in [2.45, 2.75) is 0 Å². The minimum atomic E-state index is -0.456. The summed E-state index contributed by atoms with van der Waals surface area (Å²) in [5.74, 6) is 0.623. The lowest BCUT2D eigenvalue weighted by Crippen LogP contribution is -2.38. The molecule has 5 rings (SSSR count). The van der Waals surface area contributed by atoms with Gasteiger partial charge >= 0.3 is 5.69 Å². The van der Waals surface area contributed by atoms with Gasteiger partial charge in [-0.25, -0.2) is 18.9 Å². The van der Waals surface area contributed by atoms with E-state index in [0.29, 0.717) is 28.4 Å². The normalized spacial score (nSPS) is 11.1. The second-order valence-electron chi connectivity index (χ2n) is 6.96. The van der Waals surface area contributed by atoms with Gasteiger partial charge in [-0.3, -0.25) is 4.79 Å². The molecule has 0 unspecified atom stereocenters. The topological polar surface area (TPSA) is 61.8 Å². The lowest BCUT2D eigenvalue weighted by Gasteiger charge is -2.12. The van der Waals surface area contributed by atoms with Gasteiger partial charge in [-0.1, -0.05) is 66.7 Å². The third-order valence-electron chi connectivity index (χ3n) is 5.14. The number of hydrogen-bond acceptors (Lipinski definition) is 3. The summed E-state index contributed by atoms with van der Waals surface area (Å²) >= 11 is 0. The molecule has 0 N–H and O–H groups in total. The van der Waals surface area contributed by atoms with Gasteiger partial charge < -0.3 is 4.57 Å². The van der Waals surface area contributed by atoms with Crippen LogP contribution < -0.4 is 11.2 Å². The number of nitrogens with zero attached hydrogens (tertiary/aromatic N) is 4. The molecular weight excluding hydrogens is 376 g/mol. The fourth-order valence-corrected chi connectivity index (χ4v) is 3.72. The van der Waals surface area contributed by atoms with Gasteiger partial charge in [0.05, 0.1) is 11.4 Å². The molecule has 0 amide bonds. The first-order valence-corrected chi connectivity index (χ1v) is 9.57. The zero-order chi connectivity index (χ0) is 20.7. The average molecular weight is 394 g/mol. The zero-order valence-electron chi connectivity index (χ0n) is 16.3. The minimum Gasteiger partial charge on any atom is -0.321 e. The van der Waals surface area contributed by atoms with E-state index in [0.717, 1.165) is 5.56 Å². The Morgan fingerprint density at radius 2 is 1.17 bits per heavy atom. The van der Waals surface area contributed by atoms with Crippen LogP contribution in [0.15, 0.2) is 101 Å². The van der Waals surface area contributed by atoms with Crippen LogP contribution in [-0.2, 0) is 7.05 Å². The van der Waals surface area contributed by atoms with E-state index >= 15 is 0 Å². The highest BCUT2D eigenvalue weighted by molar-refractivity contribution is 5.78. The van der Waals surface area contributed by atoms with Gasteiger partial charge in [-0.2, -0.15) is 0 Å². The summed E-state index contributed by atoms with van der Waals surface area (Å²) in [6.07, 6.45) is 0. The largest absolute Gasteiger partial charge is 0.342 e. The van der Waals surface area contributed by atoms with E-state index in [9.17, 15) is 9.59 Å². The minimum absolute atomic E-state index is 0.338. The Balaban J connectivity index is 1.96. The van der Waals surface area contributed by atoms with Crippen LogP contribution in [0.25, 0.3) is 33.9 Å². The molecule has 0 saturated carbocycles. The van der Waals surface area contributed by atoms with E-state index in [2.05, 4.69) is 0 Å². The summed E-state index contributed by atoms with van der Waals surface area (Å²) in [5.41, 5.74) is 1.88. The average Bonchev–Trinajstić information content (AvgIpc) is 3.13. The van der Waals surface area contributed by atoms with Crippen molar-refractivity contribution in [3.63, 3.8) is 0 Å². The fraction of sp³-hybridized carbons (Fsp3) is 0.0417. The van der Waals surface area contributed by atoms with Gasteiger partial charge in [0.15, 0.2) is 11.2 Å². The van der Waals surface area contributed by atoms with E-state index in [-0.39, 0.29) is 0 Å². The third-order valence-corrected chi connectivity index (χ3v) is 5.14. The zero-order valence-corrected chi connectivity index (χ0v) is 16.3. The van der Waals surface area contributed by atoms with Crippen LogP contribution >= 0.6 is 0 Å². The number of para-hydroxylation sites is 2. The van der Waals surface area contributed by atoms with Crippen molar-refractivity contribution in [3.8, 4) is 22.8 Å². The molecule has 0 spiro atoms. The molecule has 0 bridgehead atoms. The molecule has 30 heavy (non-hydrogen) atoms. The summed E-state index contributed by atoms with van der Waals surface area (Å²) in [7, 11) is 1.80. The van der Waals surface area contributed by atoms with Crippen LogP contribution in [0.2, 0.25) is 0 Å². The van der Waals surface area contributed by atoms with Crippen LogP contribution in [0.4, 0.5) is 0 Å². The Hall–Kier alpha value is -4.19. The Morgan fingerprint density at radius 3 is 1.73 bits per heavy atom. The quantitative estimate of drug-likeness (QED) is 0.470. The number of aryl methyl sites for hydroxylation is 1. The Morgan fingerprint density at radius 1 is 0.667 bits per heavy atom. The monoisotopic (exact) mass is 394 g/mol. The van der Waals surface area contributed by atoms with Crippen molar-refractivity contribution in [2.75, 3.05) is 0 Å². The SMILES string of the molecule is Cn1c(-c2ccccc2)nc2c1c(=O)n(-c1ccccc1)c(=O)n2-c1ccccc1. The standard InChI is InChI=1S/C24H18N4O2/c1-26-20-22(25-21(26)17-11-5-2-6-12-17)27(18-13-7-3-8-14-18)24(30)28(23(20)29)19-15-9-4-10-16-19/h2-16H,1H3. The van der Waals surface area contributed by atoms with Gasteiger partial charge in [0.1, 0.15) is 5.82 Å². The van der Waals surface area contributed by atoms with E-state index < -0.39 is 11.2 Å². The summed E-state index contributed by atoms with van der Waals surface area (Å²) in [4.78, 5) is 31.8. The molecule has 0 fully saturated rings. The molecular formula is C24H18N4O2. The molecule has 6 heteroatoms. The predicted molar refractivity (Wildman–Crippen MR) is 117 cm³/mol. The Labute approximate surface area is 171 Å². The summed E-state index contributed by atoms with van der Waals surface area (Å²) in [5, 5.41) is 0. The van der Waals surface area contributed by atoms with E-state index in [1.165, 1.54) is 9.13 Å². The highest BCUT2D eigenvalue weighted by Gasteiger charge is 2.22. The lowest BCUT2D eigenvalue weighted by molar-refractivity contribution is 0.820. The van der Waals surface area contributed by atoms with Gasteiger partial charge in [-0.15, -0.1) is 0 Å². The lowest BCUT2D eigenvalue weighted by atomic mass is 10.2. The van der Waals surface area contributed by atoms with Gasteiger partial charge in [0.2, 0.25) is 0 Å². The van der Waals surface area contributed by atoms with Crippen molar-refractivity contribution < 1.29 is 0 Å². The number of rotatable bonds is 3. The molecule has 5 aromatic rings. The van der Waals surface area contributed by atoms with Crippen LogP contribution in [0.5, 0.6) is 0 Å². The molecule has 146 valence electrons. The second-order valence-corrected chi connectivity index (χ2v) is 6.96. The van der Waals surface area contributed by atoms with Gasteiger partial charge in [0.25, 0.3) is 5.56 Å². The maximum atomic E-state index is 13.5. The third kappa shape index (κ3) is 2.69. The van der Waals surface area contributed by atoms with Crippen LogP contribution in [0.1, 0.15) is 0 Å². The van der Waals surface area contributed by atoms with Crippen LogP contribution in [0, 0.1) is 0 Å². The van der Waals surface area contributed by atoms with E-state index in [4.69, 9.17) is 4.98 Å². The van der Waals surface area contributed by atoms with Crippen molar-refractivity contribution in [3.05, 3.63) is 112 Å². The van der Waals surface area contributed by atoms with Crippen LogP contribution in [-0.4, -0.2) is 18.7 Å². The smallest absolute Gasteiger partial charge is 0.321 e. The molecule has 6 nitrogen and oxygen atoms in total.